The molecule has 7 heteroatoms. The zero-order valence-corrected chi connectivity index (χ0v) is 8.65. The summed E-state index contributed by atoms with van der Waals surface area (Å²) in [5, 5.41) is 10.5. The number of esters is 1. The minimum absolute atomic E-state index is 0.181. The molecule has 1 heterocycles. The van der Waals surface area contributed by atoms with E-state index in [9.17, 15) is 14.9 Å². The number of aromatic nitrogens is 1. The molecule has 0 fully saturated rings. The van der Waals surface area contributed by atoms with Gasteiger partial charge in [-0.15, -0.1) is 0 Å². The van der Waals surface area contributed by atoms with Crippen molar-refractivity contribution in [2.24, 2.45) is 0 Å². The van der Waals surface area contributed by atoms with Crippen molar-refractivity contribution in [3.8, 4) is 0 Å². The van der Waals surface area contributed by atoms with Crippen LogP contribution < -0.4 is 0 Å². The van der Waals surface area contributed by atoms with E-state index < -0.39 is 16.7 Å². The molecule has 1 rings (SSSR count). The third-order valence-electron chi connectivity index (χ3n) is 1.44. The van der Waals surface area contributed by atoms with Crippen molar-refractivity contribution in [1.82, 2.24) is 4.98 Å². The SMILES string of the molecule is COC(=O)c1c(Br)ccnc1[N+](=O)[O-]. The van der Waals surface area contributed by atoms with Gasteiger partial charge in [0, 0.05) is 4.47 Å². The molecule has 74 valence electrons. The van der Waals surface area contributed by atoms with Crippen molar-refractivity contribution in [3.63, 3.8) is 0 Å². The normalized spacial score (nSPS) is 9.57. The molecule has 6 nitrogen and oxygen atoms in total. The van der Waals surface area contributed by atoms with Gasteiger partial charge in [-0.2, -0.15) is 0 Å². The number of halogens is 1. The fourth-order valence-electron chi connectivity index (χ4n) is 0.857. The van der Waals surface area contributed by atoms with Gasteiger partial charge in [0.1, 0.15) is 6.20 Å². The first-order valence-electron chi connectivity index (χ1n) is 3.45. The van der Waals surface area contributed by atoms with E-state index in [-0.39, 0.29) is 10.0 Å². The van der Waals surface area contributed by atoms with Crippen LogP contribution in [0.3, 0.4) is 0 Å². The molecule has 1 aromatic rings. The van der Waals surface area contributed by atoms with Gasteiger partial charge in [0.15, 0.2) is 5.56 Å². The van der Waals surface area contributed by atoms with E-state index in [1.165, 1.54) is 12.3 Å². The van der Waals surface area contributed by atoms with Crippen LogP contribution in [0.15, 0.2) is 16.7 Å². The summed E-state index contributed by atoms with van der Waals surface area (Å²) in [7, 11) is 1.14. The van der Waals surface area contributed by atoms with Crippen LogP contribution in [-0.2, 0) is 4.74 Å². The van der Waals surface area contributed by atoms with E-state index >= 15 is 0 Å². The van der Waals surface area contributed by atoms with Crippen molar-refractivity contribution < 1.29 is 14.5 Å². The van der Waals surface area contributed by atoms with Crippen LogP contribution in [0, 0.1) is 10.1 Å². The summed E-state index contributed by atoms with van der Waals surface area (Å²) < 4.78 is 4.68. The highest BCUT2D eigenvalue weighted by Gasteiger charge is 2.25. The Morgan fingerprint density at radius 1 is 1.71 bits per heavy atom. The molecule has 0 amide bonds. The number of nitro groups is 1. The Morgan fingerprint density at radius 2 is 2.36 bits per heavy atom. The number of carbonyl (C=O) groups excluding carboxylic acids is 1. The van der Waals surface area contributed by atoms with Crippen molar-refractivity contribution in [2.45, 2.75) is 0 Å². The molecule has 0 bridgehead atoms. The lowest BCUT2D eigenvalue weighted by Crippen LogP contribution is -2.08. The fraction of sp³-hybridized carbons (Fsp3) is 0.143. The lowest BCUT2D eigenvalue weighted by Gasteiger charge is -2.01. The summed E-state index contributed by atoms with van der Waals surface area (Å²) in [5.41, 5.74) is -0.181. The minimum Gasteiger partial charge on any atom is -0.465 e. The second-order valence-corrected chi connectivity index (χ2v) is 3.09. The zero-order valence-electron chi connectivity index (χ0n) is 7.06. The Balaban J connectivity index is 3.36. The molecular formula is C7H5BrN2O4. The number of nitrogens with zero attached hydrogens (tertiary/aromatic N) is 2. The molecule has 0 aromatic carbocycles. The lowest BCUT2D eigenvalue weighted by atomic mass is 10.2. The average molecular weight is 261 g/mol. The number of rotatable bonds is 2. The Labute approximate surface area is 87.2 Å². The quantitative estimate of drug-likeness (QED) is 0.458. The largest absolute Gasteiger partial charge is 0.465 e. The summed E-state index contributed by atoms with van der Waals surface area (Å²) in [4.78, 5) is 24.4. The number of carbonyl (C=O) groups is 1. The van der Waals surface area contributed by atoms with Crippen LogP contribution in [0.2, 0.25) is 0 Å². The number of pyridine rings is 1. The summed E-state index contributed by atoms with van der Waals surface area (Å²) in [6, 6.07) is 1.43. The molecular weight excluding hydrogens is 256 g/mol. The number of hydrogen-bond donors (Lipinski definition) is 0. The van der Waals surface area contributed by atoms with Crippen LogP contribution >= 0.6 is 15.9 Å². The number of methoxy groups -OCH3 is 1. The van der Waals surface area contributed by atoms with Crippen molar-refractivity contribution in [1.29, 1.82) is 0 Å². The van der Waals surface area contributed by atoms with Gasteiger partial charge in [-0.3, -0.25) is 0 Å². The molecule has 0 saturated carbocycles. The average Bonchev–Trinajstić information content (AvgIpc) is 2.16. The van der Waals surface area contributed by atoms with E-state index in [4.69, 9.17) is 0 Å². The van der Waals surface area contributed by atoms with E-state index in [0.29, 0.717) is 0 Å². The van der Waals surface area contributed by atoms with E-state index in [1.54, 1.807) is 0 Å². The van der Waals surface area contributed by atoms with Gasteiger partial charge >= 0.3 is 11.8 Å². The van der Waals surface area contributed by atoms with Gasteiger partial charge in [-0.1, -0.05) is 0 Å². The topological polar surface area (TPSA) is 82.3 Å². The first-order valence-corrected chi connectivity index (χ1v) is 4.24. The number of hydrogen-bond acceptors (Lipinski definition) is 5. The van der Waals surface area contributed by atoms with Gasteiger partial charge in [0.25, 0.3) is 0 Å². The molecule has 0 aliphatic carbocycles. The maximum absolute atomic E-state index is 11.2. The Bertz CT molecular complexity index is 393. The Kier molecular flexibility index (Phi) is 3.13. The monoisotopic (exact) mass is 260 g/mol. The van der Waals surface area contributed by atoms with Gasteiger partial charge in [0.05, 0.1) is 7.11 Å². The number of ether oxygens (including phenoxy) is 1. The predicted molar refractivity (Wildman–Crippen MR) is 49.9 cm³/mol. The summed E-state index contributed by atoms with van der Waals surface area (Å²) in [6.07, 6.45) is 1.23. The van der Waals surface area contributed by atoms with Crippen LogP contribution in [-0.4, -0.2) is 23.0 Å². The highest BCUT2D eigenvalue weighted by molar-refractivity contribution is 9.10. The molecule has 0 aliphatic heterocycles. The van der Waals surface area contributed by atoms with Crippen LogP contribution in [0.5, 0.6) is 0 Å². The standard InChI is InChI=1S/C7H5BrN2O4/c1-14-7(11)5-4(8)2-3-9-6(5)10(12)13/h2-3H,1H3. The first kappa shape index (κ1) is 10.6. The third-order valence-corrected chi connectivity index (χ3v) is 2.10. The molecule has 0 N–H and O–H groups in total. The molecule has 0 radical (unpaired) electrons. The second kappa shape index (κ2) is 4.14. The maximum atomic E-state index is 11.2. The van der Waals surface area contributed by atoms with Gasteiger partial charge in [-0.05, 0) is 31.9 Å². The highest BCUT2D eigenvalue weighted by Crippen LogP contribution is 2.24. The Morgan fingerprint density at radius 3 is 2.86 bits per heavy atom. The van der Waals surface area contributed by atoms with Gasteiger partial charge in [0.2, 0.25) is 0 Å². The third kappa shape index (κ3) is 1.87. The van der Waals surface area contributed by atoms with Crippen LogP contribution in [0.25, 0.3) is 0 Å². The molecule has 14 heavy (non-hydrogen) atoms. The van der Waals surface area contributed by atoms with Crippen molar-refractivity contribution >= 4 is 27.7 Å². The fourth-order valence-corrected chi connectivity index (χ4v) is 1.31. The molecule has 0 aliphatic rings. The van der Waals surface area contributed by atoms with Gasteiger partial charge < -0.3 is 14.9 Å². The summed E-state index contributed by atoms with van der Waals surface area (Å²) in [6.45, 7) is 0. The minimum atomic E-state index is -0.795. The molecule has 0 atom stereocenters. The summed E-state index contributed by atoms with van der Waals surface area (Å²) >= 11 is 3.01. The Hall–Kier alpha value is -1.50. The molecule has 0 saturated heterocycles. The van der Waals surface area contributed by atoms with Crippen molar-refractivity contribution in [3.05, 3.63) is 32.4 Å². The zero-order chi connectivity index (χ0) is 10.7. The van der Waals surface area contributed by atoms with Crippen molar-refractivity contribution in [2.75, 3.05) is 7.11 Å². The molecule has 0 unspecified atom stereocenters. The smallest absolute Gasteiger partial charge is 0.379 e. The van der Waals surface area contributed by atoms with Crippen LogP contribution in [0.1, 0.15) is 10.4 Å². The summed E-state index contributed by atoms with van der Waals surface area (Å²) in [5.74, 6) is -1.32. The predicted octanol–water partition coefficient (Wildman–Crippen LogP) is 1.54. The van der Waals surface area contributed by atoms with E-state index in [1.807, 2.05) is 0 Å². The first-order chi connectivity index (χ1) is 6.57. The van der Waals surface area contributed by atoms with E-state index in [0.717, 1.165) is 7.11 Å². The second-order valence-electron chi connectivity index (χ2n) is 2.24. The molecule has 1 aromatic heterocycles. The van der Waals surface area contributed by atoms with Crippen LogP contribution in [0.4, 0.5) is 5.82 Å². The van der Waals surface area contributed by atoms with E-state index in [2.05, 4.69) is 25.7 Å². The van der Waals surface area contributed by atoms with Gasteiger partial charge in [-0.25, -0.2) is 4.79 Å². The lowest BCUT2D eigenvalue weighted by molar-refractivity contribution is -0.389. The highest BCUT2D eigenvalue weighted by atomic mass is 79.9. The molecule has 0 spiro atoms. The maximum Gasteiger partial charge on any atom is 0.379 e.